The monoisotopic (exact) mass is 262 g/mol. The zero-order valence-electron chi connectivity index (χ0n) is 9.11. The van der Waals surface area contributed by atoms with Crippen LogP contribution in [0.15, 0.2) is 30.5 Å². The van der Waals surface area contributed by atoms with E-state index >= 15 is 0 Å². The first-order valence-electron chi connectivity index (χ1n) is 4.98. The van der Waals surface area contributed by atoms with E-state index in [1.807, 2.05) is 6.07 Å². The van der Waals surface area contributed by atoms with Gasteiger partial charge < -0.3 is 11.1 Å². The average molecular weight is 263 g/mol. The van der Waals surface area contributed by atoms with Crippen LogP contribution >= 0.6 is 11.6 Å². The molecular formula is C12H8ClFN4. The maximum absolute atomic E-state index is 13.0. The number of nitrogens with two attached hydrogens (primary N) is 1. The molecule has 3 N–H and O–H groups in total. The summed E-state index contributed by atoms with van der Waals surface area (Å²) in [5, 5.41) is 11.7. The molecule has 0 saturated carbocycles. The fourth-order valence-corrected chi connectivity index (χ4v) is 1.56. The molecule has 0 aliphatic carbocycles. The van der Waals surface area contributed by atoms with Crippen LogP contribution in [0.2, 0.25) is 5.02 Å². The third-order valence-electron chi connectivity index (χ3n) is 2.29. The Hall–Kier alpha value is -2.32. The Kier molecular flexibility index (Phi) is 3.31. The summed E-state index contributed by atoms with van der Waals surface area (Å²) in [6.07, 6.45) is 1.46. The molecule has 18 heavy (non-hydrogen) atoms. The van der Waals surface area contributed by atoms with Gasteiger partial charge in [-0.15, -0.1) is 0 Å². The van der Waals surface area contributed by atoms with Gasteiger partial charge in [-0.25, -0.2) is 9.37 Å². The number of benzene rings is 1. The Morgan fingerprint density at radius 3 is 2.83 bits per heavy atom. The van der Waals surface area contributed by atoms with Crippen LogP contribution in [0.25, 0.3) is 0 Å². The number of halogens is 2. The fourth-order valence-electron chi connectivity index (χ4n) is 1.38. The van der Waals surface area contributed by atoms with Crippen LogP contribution in [0.4, 0.5) is 21.6 Å². The highest BCUT2D eigenvalue weighted by atomic mass is 35.5. The Balaban J connectivity index is 2.35. The second kappa shape index (κ2) is 4.90. The third-order valence-corrected chi connectivity index (χ3v) is 2.58. The molecule has 0 unspecified atom stereocenters. The van der Waals surface area contributed by atoms with Crippen LogP contribution in [0.5, 0.6) is 0 Å². The Labute approximate surface area is 108 Å². The molecule has 1 aromatic heterocycles. The predicted molar refractivity (Wildman–Crippen MR) is 68.1 cm³/mol. The zero-order chi connectivity index (χ0) is 13.1. The van der Waals surface area contributed by atoms with E-state index in [1.54, 1.807) is 0 Å². The maximum Gasteiger partial charge on any atom is 0.154 e. The van der Waals surface area contributed by atoms with Gasteiger partial charge in [-0.05, 0) is 24.3 Å². The molecule has 4 nitrogen and oxygen atoms in total. The molecule has 0 fully saturated rings. The second-order valence-electron chi connectivity index (χ2n) is 3.49. The first-order valence-corrected chi connectivity index (χ1v) is 5.36. The van der Waals surface area contributed by atoms with Gasteiger partial charge >= 0.3 is 0 Å². The lowest BCUT2D eigenvalue weighted by Crippen LogP contribution is -2.01. The minimum absolute atomic E-state index is 0.00462. The van der Waals surface area contributed by atoms with E-state index in [2.05, 4.69) is 10.3 Å². The minimum atomic E-state index is -0.506. The van der Waals surface area contributed by atoms with Crippen molar-refractivity contribution in [2.45, 2.75) is 0 Å². The van der Waals surface area contributed by atoms with Crippen molar-refractivity contribution in [3.8, 4) is 6.07 Å². The van der Waals surface area contributed by atoms with Gasteiger partial charge in [0.25, 0.3) is 0 Å². The molecule has 0 saturated heterocycles. The number of nitriles is 1. The van der Waals surface area contributed by atoms with Crippen LogP contribution in [-0.4, -0.2) is 4.98 Å². The standard InChI is InChI=1S/C12H8ClFN4/c13-9-5-8(1-2-10(9)14)18-12-11(16)7(6-15)3-4-17-12/h1-5H,16H2,(H,17,18). The van der Waals surface area contributed by atoms with E-state index in [4.69, 9.17) is 22.6 Å². The van der Waals surface area contributed by atoms with Crippen LogP contribution in [-0.2, 0) is 0 Å². The molecule has 2 aromatic rings. The molecule has 0 bridgehead atoms. The van der Waals surface area contributed by atoms with Crippen molar-refractivity contribution < 1.29 is 4.39 Å². The van der Waals surface area contributed by atoms with Crippen molar-refractivity contribution in [1.82, 2.24) is 4.98 Å². The summed E-state index contributed by atoms with van der Waals surface area (Å²) in [6.45, 7) is 0. The van der Waals surface area contributed by atoms with Crippen molar-refractivity contribution >= 4 is 28.8 Å². The highest BCUT2D eigenvalue weighted by Gasteiger charge is 2.07. The van der Waals surface area contributed by atoms with Gasteiger partial charge in [0.05, 0.1) is 16.3 Å². The maximum atomic E-state index is 13.0. The normalized spacial score (nSPS) is 9.83. The molecule has 0 aliphatic rings. The number of hydrogen-bond acceptors (Lipinski definition) is 4. The Bertz CT molecular complexity index is 636. The van der Waals surface area contributed by atoms with Gasteiger partial charge in [-0.3, -0.25) is 0 Å². The highest BCUT2D eigenvalue weighted by molar-refractivity contribution is 6.31. The van der Waals surface area contributed by atoms with Crippen LogP contribution < -0.4 is 11.1 Å². The lowest BCUT2D eigenvalue weighted by molar-refractivity contribution is 0.628. The molecule has 0 spiro atoms. The van der Waals surface area contributed by atoms with Crippen molar-refractivity contribution in [1.29, 1.82) is 5.26 Å². The molecule has 90 valence electrons. The van der Waals surface area contributed by atoms with E-state index in [9.17, 15) is 4.39 Å². The van der Waals surface area contributed by atoms with Gasteiger partial charge in [0, 0.05) is 11.9 Å². The van der Waals surface area contributed by atoms with Gasteiger partial charge in [0.2, 0.25) is 0 Å². The lowest BCUT2D eigenvalue weighted by Gasteiger charge is -2.09. The number of nitrogens with one attached hydrogen (secondary N) is 1. The van der Waals surface area contributed by atoms with Crippen LogP contribution in [0.3, 0.4) is 0 Å². The van der Waals surface area contributed by atoms with Crippen molar-refractivity contribution in [3.05, 3.63) is 46.9 Å². The predicted octanol–water partition coefficient (Wildman–Crippen LogP) is 3.07. The smallest absolute Gasteiger partial charge is 0.154 e. The molecular weight excluding hydrogens is 255 g/mol. The molecule has 0 aliphatic heterocycles. The third kappa shape index (κ3) is 2.34. The van der Waals surface area contributed by atoms with E-state index in [-0.39, 0.29) is 10.7 Å². The average Bonchev–Trinajstić information content (AvgIpc) is 2.36. The largest absolute Gasteiger partial charge is 0.395 e. The van der Waals surface area contributed by atoms with Crippen molar-refractivity contribution in [3.63, 3.8) is 0 Å². The Morgan fingerprint density at radius 1 is 1.39 bits per heavy atom. The van der Waals surface area contributed by atoms with Crippen LogP contribution in [0.1, 0.15) is 5.56 Å². The first-order chi connectivity index (χ1) is 8.61. The number of hydrogen-bond donors (Lipinski definition) is 2. The zero-order valence-corrected chi connectivity index (χ0v) is 9.87. The number of anilines is 3. The van der Waals surface area contributed by atoms with Gasteiger partial charge in [-0.2, -0.15) is 5.26 Å². The van der Waals surface area contributed by atoms with E-state index in [0.29, 0.717) is 17.1 Å². The summed E-state index contributed by atoms with van der Waals surface area (Å²) in [5.41, 5.74) is 6.85. The molecule has 1 aromatic carbocycles. The summed E-state index contributed by atoms with van der Waals surface area (Å²) in [4.78, 5) is 4.01. The second-order valence-corrected chi connectivity index (χ2v) is 3.89. The number of nitrogen functional groups attached to an aromatic ring is 1. The number of pyridine rings is 1. The first kappa shape index (κ1) is 12.1. The number of nitrogens with zero attached hydrogens (tertiary/aromatic N) is 2. The summed E-state index contributed by atoms with van der Waals surface area (Å²) in [6, 6.07) is 7.61. The van der Waals surface area contributed by atoms with Crippen molar-refractivity contribution in [2.75, 3.05) is 11.1 Å². The summed E-state index contributed by atoms with van der Waals surface area (Å²) in [5.74, 6) is -0.175. The lowest BCUT2D eigenvalue weighted by atomic mass is 10.2. The topological polar surface area (TPSA) is 74.7 Å². The molecule has 0 amide bonds. The molecule has 0 atom stereocenters. The van der Waals surface area contributed by atoms with Gasteiger partial charge in [-0.1, -0.05) is 11.6 Å². The molecule has 6 heteroatoms. The molecule has 0 radical (unpaired) electrons. The summed E-state index contributed by atoms with van der Waals surface area (Å²) >= 11 is 5.66. The Morgan fingerprint density at radius 2 is 2.17 bits per heavy atom. The fraction of sp³-hybridized carbons (Fsp3) is 0. The van der Waals surface area contributed by atoms with E-state index in [1.165, 1.54) is 30.5 Å². The number of rotatable bonds is 2. The van der Waals surface area contributed by atoms with Gasteiger partial charge in [0.1, 0.15) is 11.9 Å². The van der Waals surface area contributed by atoms with Crippen molar-refractivity contribution in [2.24, 2.45) is 0 Å². The van der Waals surface area contributed by atoms with E-state index < -0.39 is 5.82 Å². The minimum Gasteiger partial charge on any atom is -0.395 e. The molecule has 1 heterocycles. The van der Waals surface area contributed by atoms with E-state index in [0.717, 1.165) is 0 Å². The highest BCUT2D eigenvalue weighted by Crippen LogP contribution is 2.26. The number of aromatic nitrogens is 1. The van der Waals surface area contributed by atoms with Gasteiger partial charge in [0.15, 0.2) is 5.82 Å². The van der Waals surface area contributed by atoms with Crippen LogP contribution in [0, 0.1) is 17.1 Å². The quantitative estimate of drug-likeness (QED) is 0.872. The summed E-state index contributed by atoms with van der Waals surface area (Å²) in [7, 11) is 0. The summed E-state index contributed by atoms with van der Waals surface area (Å²) < 4.78 is 13.0. The molecule has 2 rings (SSSR count). The SMILES string of the molecule is N#Cc1ccnc(Nc2ccc(F)c(Cl)c2)c1N.